The van der Waals surface area contributed by atoms with Gasteiger partial charge in [0, 0.05) is 64.6 Å². The Bertz CT molecular complexity index is 1510. The largest absolute Gasteiger partial charge is 0.469 e. The van der Waals surface area contributed by atoms with Gasteiger partial charge in [0.15, 0.2) is 6.29 Å². The molecule has 0 radical (unpaired) electrons. The summed E-state index contributed by atoms with van der Waals surface area (Å²) in [6.45, 7) is 7.23. The third-order valence-corrected chi connectivity index (χ3v) is 7.58. The fraction of sp³-hybridized carbons (Fsp3) is 0.353. The SMILES string of the molecule is C/C=C1/C(N)CC(c2ccncc2NC)CC1[CH-]c1ccc(C(=O)NC(C)C)cc1-c1ccc(N)c(C=O)n1.COC(C)=O.[W]. The van der Waals surface area contributed by atoms with Crippen molar-refractivity contribution in [2.75, 3.05) is 25.2 Å². The van der Waals surface area contributed by atoms with Crippen LogP contribution >= 0.6 is 0 Å². The first kappa shape index (κ1) is 37.2. The summed E-state index contributed by atoms with van der Waals surface area (Å²) in [4.78, 5) is 42.8. The van der Waals surface area contributed by atoms with E-state index in [-0.39, 0.29) is 62.6 Å². The van der Waals surface area contributed by atoms with E-state index in [1.54, 1.807) is 12.1 Å². The maximum absolute atomic E-state index is 12.9. The van der Waals surface area contributed by atoms with Gasteiger partial charge in [0.2, 0.25) is 5.91 Å². The number of nitrogen functional groups attached to an aromatic ring is 1. The summed E-state index contributed by atoms with van der Waals surface area (Å²) in [5, 5.41) is 6.21. The molecule has 0 bridgehead atoms. The number of nitrogens with two attached hydrogens (primary N) is 2. The van der Waals surface area contributed by atoms with Crippen molar-refractivity contribution in [3.8, 4) is 11.3 Å². The van der Waals surface area contributed by atoms with Gasteiger partial charge < -0.3 is 26.8 Å². The van der Waals surface area contributed by atoms with Gasteiger partial charge in [0.25, 0.3) is 0 Å². The Morgan fingerprint density at radius 2 is 1.87 bits per heavy atom. The number of pyridine rings is 2. The minimum atomic E-state index is -0.245. The number of hydrogen-bond acceptors (Lipinski definition) is 9. The van der Waals surface area contributed by atoms with E-state index < -0.39 is 0 Å². The summed E-state index contributed by atoms with van der Waals surface area (Å²) in [6.07, 6.45) is 10.3. The maximum atomic E-state index is 12.9. The molecule has 0 spiro atoms. The molecule has 0 aliphatic heterocycles. The molecular weight excluding hydrogens is 740 g/mol. The minimum Gasteiger partial charge on any atom is -0.469 e. The standard InChI is InChI=1S/C31H37N6O2.C3H6O2.W/c1-5-23-21(13-22(15-27(23)33)24-10-11-35-16-29(24)34-4)12-19-6-7-20(31(39)36-18(2)3)14-25(19)28-9-8-26(32)30(17-38)37-28;1-3(4)5-2;/h5-12,14,16-18,21-22,27,34H,13,15,32-33H2,1-4H3,(H,36,39);1-2H3;/q-1;;/b23-5+;;. The monoisotopic (exact) mass is 783 g/mol. The van der Waals surface area contributed by atoms with Crippen molar-refractivity contribution in [1.29, 1.82) is 0 Å². The molecule has 1 amide bonds. The Balaban J connectivity index is 0.00000109. The molecule has 1 aliphatic rings. The van der Waals surface area contributed by atoms with E-state index >= 15 is 0 Å². The van der Waals surface area contributed by atoms with Gasteiger partial charge in [-0.2, -0.15) is 18.1 Å². The van der Waals surface area contributed by atoms with Gasteiger partial charge in [-0.3, -0.25) is 24.4 Å². The summed E-state index contributed by atoms with van der Waals surface area (Å²) in [5.74, 6) is -0.110. The molecule has 3 aromatic rings. The van der Waals surface area contributed by atoms with Crippen molar-refractivity contribution in [3.05, 3.63) is 89.2 Å². The van der Waals surface area contributed by atoms with Gasteiger partial charge >= 0.3 is 5.97 Å². The maximum Gasteiger partial charge on any atom is 0.302 e. The van der Waals surface area contributed by atoms with E-state index in [4.69, 9.17) is 11.5 Å². The Kier molecular flexibility index (Phi) is 14.4. The van der Waals surface area contributed by atoms with Crippen molar-refractivity contribution in [2.24, 2.45) is 11.7 Å². The van der Waals surface area contributed by atoms with E-state index in [2.05, 4.69) is 43.9 Å². The normalized spacial score (nSPS) is 18.1. The van der Waals surface area contributed by atoms with E-state index in [9.17, 15) is 14.4 Å². The van der Waals surface area contributed by atoms with Crippen LogP contribution in [0.3, 0.4) is 0 Å². The fourth-order valence-electron chi connectivity index (χ4n) is 5.43. The molecule has 1 fully saturated rings. The van der Waals surface area contributed by atoms with E-state index in [1.807, 2.05) is 58.4 Å². The summed E-state index contributed by atoms with van der Waals surface area (Å²) >= 11 is 0. The second-order valence-electron chi connectivity index (χ2n) is 11.0. The van der Waals surface area contributed by atoms with E-state index in [1.165, 1.54) is 25.2 Å². The predicted molar refractivity (Wildman–Crippen MR) is 174 cm³/mol. The number of methoxy groups -OCH3 is 1. The number of amides is 1. The number of rotatable bonds is 8. The van der Waals surface area contributed by atoms with Gasteiger partial charge in [-0.25, -0.2) is 0 Å². The van der Waals surface area contributed by atoms with Crippen LogP contribution in [0.1, 0.15) is 78.4 Å². The number of nitrogens with zero attached hydrogens (tertiary/aromatic N) is 2. The zero-order valence-electron chi connectivity index (χ0n) is 26.7. The molecule has 2 heterocycles. The first-order valence-corrected chi connectivity index (χ1v) is 14.6. The van der Waals surface area contributed by atoms with Gasteiger partial charge in [-0.1, -0.05) is 17.7 Å². The van der Waals surface area contributed by atoms with Gasteiger partial charge in [-0.05, 0) is 69.2 Å². The topological polar surface area (TPSA) is 162 Å². The third-order valence-electron chi connectivity index (χ3n) is 7.58. The molecule has 45 heavy (non-hydrogen) atoms. The molecule has 10 nitrogen and oxygen atoms in total. The van der Waals surface area contributed by atoms with Crippen molar-refractivity contribution >= 4 is 29.5 Å². The fourth-order valence-corrected chi connectivity index (χ4v) is 5.43. The number of anilines is 2. The second kappa shape index (κ2) is 17.5. The third kappa shape index (κ3) is 9.74. The number of ether oxygens (including phenoxy) is 1. The van der Waals surface area contributed by atoms with Crippen molar-refractivity contribution < 1.29 is 40.2 Å². The number of esters is 1. The second-order valence-corrected chi connectivity index (χ2v) is 11.0. The molecule has 3 atom stereocenters. The summed E-state index contributed by atoms with van der Waals surface area (Å²) in [5.41, 5.74) is 19.3. The Labute approximate surface area is 280 Å². The van der Waals surface area contributed by atoms with Crippen LogP contribution in [-0.4, -0.2) is 54.4 Å². The number of carbonyl (C=O) groups is 3. The van der Waals surface area contributed by atoms with Gasteiger partial charge in [0.1, 0.15) is 5.69 Å². The van der Waals surface area contributed by atoms with Crippen LogP contribution in [0, 0.1) is 12.3 Å². The van der Waals surface area contributed by atoms with Crippen molar-refractivity contribution in [1.82, 2.24) is 15.3 Å². The molecule has 6 N–H and O–H groups in total. The Morgan fingerprint density at radius 1 is 1.16 bits per heavy atom. The number of aromatic nitrogens is 2. The van der Waals surface area contributed by atoms with Crippen LogP contribution in [0.5, 0.6) is 0 Å². The molecule has 2 aromatic heterocycles. The first-order valence-electron chi connectivity index (χ1n) is 14.6. The van der Waals surface area contributed by atoms with Crippen LogP contribution in [0.2, 0.25) is 0 Å². The van der Waals surface area contributed by atoms with Crippen molar-refractivity contribution in [3.63, 3.8) is 0 Å². The minimum absolute atomic E-state index is 0. The summed E-state index contributed by atoms with van der Waals surface area (Å²) in [7, 11) is 3.25. The smallest absolute Gasteiger partial charge is 0.302 e. The van der Waals surface area contributed by atoms with Crippen LogP contribution in [0.4, 0.5) is 11.4 Å². The number of allylic oxidation sites excluding steroid dienone is 1. The quantitative estimate of drug-likeness (QED) is 0.108. The molecule has 1 aliphatic carbocycles. The van der Waals surface area contributed by atoms with Crippen molar-refractivity contribution in [2.45, 2.75) is 58.5 Å². The zero-order valence-corrected chi connectivity index (χ0v) is 29.6. The summed E-state index contributed by atoms with van der Waals surface area (Å²) in [6, 6.07) is 11.0. The molecule has 0 saturated heterocycles. The number of benzene rings is 1. The van der Waals surface area contributed by atoms with Crippen LogP contribution in [0.15, 0.2) is 60.4 Å². The van der Waals surface area contributed by atoms with Gasteiger partial charge in [-0.15, -0.1) is 11.6 Å². The Morgan fingerprint density at radius 3 is 2.47 bits per heavy atom. The molecular formula is C34H43N6O4W-. The number of nitrogens with one attached hydrogen (secondary N) is 2. The molecule has 1 aromatic carbocycles. The van der Waals surface area contributed by atoms with E-state index in [0.29, 0.717) is 23.2 Å². The number of aldehydes is 1. The average molecular weight is 784 g/mol. The van der Waals surface area contributed by atoms with Crippen LogP contribution in [-0.2, 0) is 30.6 Å². The molecule has 3 unspecified atom stereocenters. The first-order chi connectivity index (χ1) is 21.0. The number of hydrogen-bond donors (Lipinski definition) is 4. The average Bonchev–Trinajstić information content (AvgIpc) is 3.01. The Hall–Kier alpha value is -4.01. The summed E-state index contributed by atoms with van der Waals surface area (Å²) < 4.78 is 4.11. The zero-order chi connectivity index (χ0) is 32.4. The predicted octanol–water partition coefficient (Wildman–Crippen LogP) is 4.91. The molecule has 1 saturated carbocycles. The van der Waals surface area contributed by atoms with Crippen LogP contribution in [0.25, 0.3) is 11.3 Å². The molecule has 4 rings (SSSR count). The number of carbonyl (C=O) groups excluding carboxylic acids is 3. The van der Waals surface area contributed by atoms with Gasteiger partial charge in [0.05, 0.1) is 24.7 Å². The molecule has 11 heteroatoms. The molecule has 240 valence electrons. The van der Waals surface area contributed by atoms with E-state index in [0.717, 1.165) is 29.7 Å². The van der Waals surface area contributed by atoms with Crippen LogP contribution < -0.4 is 22.1 Å².